The Labute approximate surface area is 174 Å². The van der Waals surface area contributed by atoms with Gasteiger partial charge in [0.05, 0.1) is 32.8 Å². The van der Waals surface area contributed by atoms with Gasteiger partial charge in [0.25, 0.3) is 0 Å². The number of aryl methyl sites for hydroxylation is 1. The topological polar surface area (TPSA) is 57.0 Å². The Morgan fingerprint density at radius 2 is 1.79 bits per heavy atom. The molecule has 5 nitrogen and oxygen atoms in total. The second kappa shape index (κ2) is 7.28. The Morgan fingerprint density at radius 1 is 1.14 bits per heavy atom. The summed E-state index contributed by atoms with van der Waals surface area (Å²) in [5.41, 5.74) is 3.07. The third-order valence-corrected chi connectivity index (χ3v) is 8.32. The maximum absolute atomic E-state index is 13.2. The molecule has 4 saturated carbocycles. The molecule has 4 bridgehead atoms. The molecule has 1 aliphatic heterocycles. The van der Waals surface area contributed by atoms with Crippen molar-refractivity contribution in [2.24, 2.45) is 11.8 Å². The Kier molecular flexibility index (Phi) is 4.86. The zero-order chi connectivity index (χ0) is 20.1. The van der Waals surface area contributed by atoms with E-state index in [0.717, 1.165) is 51.0 Å². The van der Waals surface area contributed by atoms with Crippen LogP contribution < -0.4 is 10.2 Å². The van der Waals surface area contributed by atoms with Gasteiger partial charge in [0.1, 0.15) is 6.54 Å². The van der Waals surface area contributed by atoms with Crippen molar-refractivity contribution < 1.29 is 14.8 Å². The Hall–Kier alpha value is -1.59. The zero-order valence-corrected chi connectivity index (χ0v) is 17.8. The largest absolute Gasteiger partial charge is 0.391 e. The minimum absolute atomic E-state index is 0.0128. The molecule has 5 aliphatic rings. The lowest BCUT2D eigenvalue weighted by Crippen LogP contribution is -3.15. The molecule has 4 aliphatic carbocycles. The van der Waals surface area contributed by atoms with E-state index in [1.165, 1.54) is 48.1 Å². The second-order valence-corrected chi connectivity index (χ2v) is 10.5. The lowest BCUT2D eigenvalue weighted by Gasteiger charge is -2.62. The third kappa shape index (κ3) is 3.57. The molecule has 29 heavy (non-hydrogen) atoms. The molecule has 1 aromatic rings. The number of carbonyl (C=O) groups is 1. The van der Waals surface area contributed by atoms with Gasteiger partial charge in [0, 0.05) is 5.54 Å². The number of amides is 2. The smallest absolute Gasteiger partial charge is 0.318 e. The Morgan fingerprint density at radius 3 is 2.41 bits per heavy atom. The first-order valence-corrected chi connectivity index (χ1v) is 11.6. The number of piperazine rings is 1. The van der Waals surface area contributed by atoms with Crippen LogP contribution in [0.3, 0.4) is 0 Å². The molecule has 3 N–H and O–H groups in total. The molecule has 2 unspecified atom stereocenters. The molecule has 1 aromatic carbocycles. The van der Waals surface area contributed by atoms with E-state index in [1.807, 2.05) is 4.90 Å². The van der Waals surface area contributed by atoms with Crippen LogP contribution in [0.2, 0.25) is 0 Å². The number of aliphatic hydroxyl groups excluding tert-OH is 1. The minimum Gasteiger partial charge on any atom is -0.391 e. The maximum Gasteiger partial charge on any atom is 0.318 e. The molecule has 2 amide bonds. The summed E-state index contributed by atoms with van der Waals surface area (Å²) in [7, 11) is 0. The number of nitrogens with zero attached hydrogens (tertiary/aromatic N) is 1. The van der Waals surface area contributed by atoms with E-state index in [4.69, 9.17) is 5.11 Å². The SMILES string of the molecule is Cc1ccc(C23C[C@@H]4C[C@@H](CC(NC(=O)N5CC[NH+](CCO)CC5)(C4)C2)C3)cc1. The molecule has 0 spiro atoms. The van der Waals surface area contributed by atoms with Gasteiger partial charge in [-0.15, -0.1) is 0 Å². The molecule has 1 saturated heterocycles. The van der Waals surface area contributed by atoms with E-state index in [9.17, 15) is 4.79 Å². The molecule has 1 heterocycles. The number of carbonyl (C=O) groups excluding carboxylic acids is 1. The van der Waals surface area contributed by atoms with Crippen LogP contribution in [-0.2, 0) is 5.41 Å². The molecule has 0 radical (unpaired) electrons. The van der Waals surface area contributed by atoms with Crippen LogP contribution in [-0.4, -0.2) is 60.9 Å². The Balaban J connectivity index is 1.31. The number of benzene rings is 1. The third-order valence-electron chi connectivity index (χ3n) is 8.32. The van der Waals surface area contributed by atoms with Gasteiger partial charge >= 0.3 is 6.03 Å². The van der Waals surface area contributed by atoms with E-state index in [-0.39, 0.29) is 23.6 Å². The summed E-state index contributed by atoms with van der Waals surface area (Å²) in [4.78, 5) is 16.6. The van der Waals surface area contributed by atoms with Crippen molar-refractivity contribution >= 4 is 6.03 Å². The monoisotopic (exact) mass is 398 g/mol. The van der Waals surface area contributed by atoms with Crippen molar-refractivity contribution in [2.45, 2.75) is 56.4 Å². The van der Waals surface area contributed by atoms with Crippen molar-refractivity contribution in [3.05, 3.63) is 35.4 Å². The highest BCUT2D eigenvalue weighted by Gasteiger charge is 2.58. The normalized spacial score (nSPS) is 36.4. The lowest BCUT2D eigenvalue weighted by atomic mass is 9.45. The second-order valence-electron chi connectivity index (χ2n) is 10.5. The van der Waals surface area contributed by atoms with Crippen LogP contribution in [0.4, 0.5) is 4.79 Å². The van der Waals surface area contributed by atoms with Crippen LogP contribution in [0.1, 0.15) is 49.7 Å². The number of urea groups is 1. The first-order chi connectivity index (χ1) is 14.0. The van der Waals surface area contributed by atoms with Crippen LogP contribution in [0, 0.1) is 18.8 Å². The predicted molar refractivity (Wildman–Crippen MR) is 113 cm³/mol. The van der Waals surface area contributed by atoms with E-state index < -0.39 is 0 Å². The number of aliphatic hydroxyl groups is 1. The number of hydrogen-bond acceptors (Lipinski definition) is 2. The van der Waals surface area contributed by atoms with Crippen LogP contribution >= 0.6 is 0 Å². The summed E-state index contributed by atoms with van der Waals surface area (Å²) in [6, 6.07) is 9.36. The van der Waals surface area contributed by atoms with Gasteiger partial charge < -0.3 is 20.2 Å². The molecular weight excluding hydrogens is 362 g/mol. The molecule has 5 heteroatoms. The number of hydrogen-bond donors (Lipinski definition) is 3. The average Bonchev–Trinajstić information content (AvgIpc) is 2.68. The van der Waals surface area contributed by atoms with Gasteiger partial charge in [-0.3, -0.25) is 0 Å². The van der Waals surface area contributed by atoms with Gasteiger partial charge in [-0.05, 0) is 68.3 Å². The van der Waals surface area contributed by atoms with E-state index in [1.54, 1.807) is 0 Å². The van der Waals surface area contributed by atoms with Gasteiger partial charge in [0.2, 0.25) is 0 Å². The van der Waals surface area contributed by atoms with Crippen LogP contribution in [0.15, 0.2) is 24.3 Å². The van der Waals surface area contributed by atoms with Crippen molar-refractivity contribution in [3.8, 4) is 0 Å². The molecular formula is C24H36N3O2+. The van der Waals surface area contributed by atoms with E-state index in [0.29, 0.717) is 0 Å². The van der Waals surface area contributed by atoms with Crippen molar-refractivity contribution in [1.82, 2.24) is 10.2 Å². The summed E-state index contributed by atoms with van der Waals surface area (Å²) in [6.07, 6.45) is 7.39. The summed E-state index contributed by atoms with van der Waals surface area (Å²) >= 11 is 0. The fourth-order valence-corrected chi connectivity index (χ4v) is 7.39. The van der Waals surface area contributed by atoms with Crippen molar-refractivity contribution in [1.29, 1.82) is 0 Å². The van der Waals surface area contributed by atoms with E-state index >= 15 is 0 Å². The quantitative estimate of drug-likeness (QED) is 0.720. The molecule has 6 rings (SSSR count). The van der Waals surface area contributed by atoms with Crippen molar-refractivity contribution in [2.75, 3.05) is 39.3 Å². The highest BCUT2D eigenvalue weighted by atomic mass is 16.3. The fraction of sp³-hybridized carbons (Fsp3) is 0.708. The first-order valence-electron chi connectivity index (χ1n) is 11.6. The van der Waals surface area contributed by atoms with Gasteiger partial charge in [-0.1, -0.05) is 29.8 Å². The molecule has 4 atom stereocenters. The highest BCUT2D eigenvalue weighted by molar-refractivity contribution is 5.75. The first kappa shape index (κ1) is 19.4. The minimum atomic E-state index is -0.0128. The van der Waals surface area contributed by atoms with E-state index in [2.05, 4.69) is 36.5 Å². The summed E-state index contributed by atoms with van der Waals surface area (Å²) in [6.45, 7) is 6.67. The lowest BCUT2D eigenvalue weighted by molar-refractivity contribution is -0.904. The predicted octanol–water partition coefficient (Wildman–Crippen LogP) is 1.49. The van der Waals surface area contributed by atoms with Gasteiger partial charge in [-0.2, -0.15) is 0 Å². The summed E-state index contributed by atoms with van der Waals surface area (Å²) < 4.78 is 0. The fourth-order valence-electron chi connectivity index (χ4n) is 7.39. The molecule has 0 aromatic heterocycles. The van der Waals surface area contributed by atoms with Crippen LogP contribution in [0.25, 0.3) is 0 Å². The van der Waals surface area contributed by atoms with Crippen molar-refractivity contribution in [3.63, 3.8) is 0 Å². The molecule has 158 valence electrons. The highest BCUT2D eigenvalue weighted by Crippen LogP contribution is 2.62. The number of rotatable bonds is 4. The average molecular weight is 399 g/mol. The summed E-state index contributed by atoms with van der Waals surface area (Å²) in [5.74, 6) is 1.51. The number of quaternary nitrogens is 1. The van der Waals surface area contributed by atoms with Gasteiger partial charge in [0.15, 0.2) is 0 Å². The summed E-state index contributed by atoms with van der Waals surface area (Å²) in [5, 5.41) is 12.7. The van der Waals surface area contributed by atoms with Gasteiger partial charge in [-0.25, -0.2) is 4.79 Å². The Bertz CT molecular complexity index is 740. The maximum atomic E-state index is 13.2. The molecule has 5 fully saturated rings. The standard InChI is InChI=1S/C24H35N3O2/c1-18-2-4-21(5-3-18)23-13-19-12-20(14-23)16-24(15-19,17-23)25-22(29)27-8-6-26(7-9-27)10-11-28/h2-5,19-20,28H,6-17H2,1H3,(H,25,29)/p+1/t19-,20+,23?,24?. The number of nitrogens with one attached hydrogen (secondary N) is 2. The zero-order valence-electron chi connectivity index (χ0n) is 17.8. The van der Waals surface area contributed by atoms with Crippen LogP contribution in [0.5, 0.6) is 0 Å².